The van der Waals surface area contributed by atoms with E-state index in [1.54, 1.807) is 6.92 Å². The fourth-order valence-electron chi connectivity index (χ4n) is 2.45. The quantitative estimate of drug-likeness (QED) is 0.715. The van der Waals surface area contributed by atoms with Crippen molar-refractivity contribution in [2.24, 2.45) is 11.7 Å². The van der Waals surface area contributed by atoms with E-state index in [4.69, 9.17) is 5.73 Å². The normalized spacial score (nSPS) is 24.4. The average molecular weight is 291 g/mol. The lowest BCUT2D eigenvalue weighted by molar-refractivity contribution is -0.122. The Bertz CT molecular complexity index is 397. The maximum atomic E-state index is 11.9. The number of hydrogen-bond acceptors (Lipinski definition) is 4. The van der Waals surface area contributed by atoms with Crippen molar-refractivity contribution in [2.45, 2.75) is 38.6 Å². The van der Waals surface area contributed by atoms with Crippen molar-refractivity contribution in [2.75, 3.05) is 25.9 Å². The summed E-state index contributed by atoms with van der Waals surface area (Å²) >= 11 is 0. The number of carbonyl (C=O) groups is 1. The summed E-state index contributed by atoms with van der Waals surface area (Å²) in [4.78, 5) is 11.9. The summed E-state index contributed by atoms with van der Waals surface area (Å²) in [6.07, 6.45) is 4.20. The van der Waals surface area contributed by atoms with Gasteiger partial charge in [-0.3, -0.25) is 4.79 Å². The van der Waals surface area contributed by atoms with Crippen LogP contribution in [0.3, 0.4) is 0 Å². The Morgan fingerprint density at radius 1 is 1.37 bits per heavy atom. The molecule has 0 saturated heterocycles. The van der Waals surface area contributed by atoms with Crippen LogP contribution in [-0.2, 0) is 14.8 Å². The Kier molecular flexibility index (Phi) is 6.22. The largest absolute Gasteiger partial charge is 0.352 e. The fourth-order valence-corrected chi connectivity index (χ4v) is 3.21. The lowest BCUT2D eigenvalue weighted by Crippen LogP contribution is -2.48. The second kappa shape index (κ2) is 7.21. The average Bonchev–Trinajstić information content (AvgIpc) is 2.39. The molecule has 112 valence electrons. The lowest BCUT2D eigenvalue weighted by atomic mass is 9.84. The Balaban J connectivity index is 2.50. The van der Waals surface area contributed by atoms with E-state index in [0.717, 1.165) is 30.0 Å². The summed E-state index contributed by atoms with van der Waals surface area (Å²) in [6, 6.07) is 0.0870. The fraction of sp³-hybridized carbons (Fsp3) is 0.917. The van der Waals surface area contributed by atoms with Gasteiger partial charge in [-0.1, -0.05) is 12.8 Å². The molecular formula is C12H25N3O3S. The van der Waals surface area contributed by atoms with E-state index in [1.165, 1.54) is 7.05 Å². The molecule has 0 bridgehead atoms. The van der Waals surface area contributed by atoms with Crippen LogP contribution in [0, 0.1) is 5.92 Å². The van der Waals surface area contributed by atoms with E-state index in [0.29, 0.717) is 12.5 Å². The molecule has 1 fully saturated rings. The number of nitrogens with zero attached hydrogens (tertiary/aromatic N) is 1. The maximum Gasteiger partial charge on any atom is 0.235 e. The molecule has 2 unspecified atom stereocenters. The predicted molar refractivity (Wildman–Crippen MR) is 75.0 cm³/mol. The van der Waals surface area contributed by atoms with Crippen LogP contribution in [-0.4, -0.2) is 50.6 Å². The van der Waals surface area contributed by atoms with E-state index < -0.39 is 10.0 Å². The van der Waals surface area contributed by atoms with Crippen LogP contribution in [0.15, 0.2) is 0 Å². The van der Waals surface area contributed by atoms with Gasteiger partial charge in [0.15, 0.2) is 0 Å². The number of sulfonamides is 1. The van der Waals surface area contributed by atoms with Gasteiger partial charge in [0.1, 0.15) is 0 Å². The van der Waals surface area contributed by atoms with Crippen LogP contribution in [0.4, 0.5) is 0 Å². The van der Waals surface area contributed by atoms with Crippen molar-refractivity contribution in [1.82, 2.24) is 9.62 Å². The molecular weight excluding hydrogens is 266 g/mol. The standard InChI is InChI=1S/C12H25N3O3S/c1-3-19(17,18)15(2)9-12(16)14-11-7-5-4-6-10(11)8-13/h10-11H,3-9,13H2,1-2H3,(H,14,16). The minimum absolute atomic E-state index is 0.00559. The van der Waals surface area contributed by atoms with Crippen molar-refractivity contribution in [3.05, 3.63) is 0 Å². The van der Waals surface area contributed by atoms with Crippen molar-refractivity contribution < 1.29 is 13.2 Å². The third-order valence-corrected chi connectivity index (χ3v) is 5.57. The number of rotatable bonds is 6. The van der Waals surface area contributed by atoms with E-state index >= 15 is 0 Å². The Hall–Kier alpha value is -0.660. The zero-order valence-corrected chi connectivity index (χ0v) is 12.6. The van der Waals surface area contributed by atoms with Gasteiger partial charge in [0.25, 0.3) is 0 Å². The number of nitrogens with two attached hydrogens (primary N) is 1. The van der Waals surface area contributed by atoms with Crippen LogP contribution in [0.2, 0.25) is 0 Å². The van der Waals surface area contributed by atoms with Crippen LogP contribution in [0.25, 0.3) is 0 Å². The second-order valence-electron chi connectivity index (χ2n) is 5.11. The van der Waals surface area contributed by atoms with Crippen LogP contribution in [0.1, 0.15) is 32.6 Å². The molecule has 0 spiro atoms. The highest BCUT2D eigenvalue weighted by atomic mass is 32.2. The smallest absolute Gasteiger partial charge is 0.235 e. The molecule has 1 amide bonds. The first-order chi connectivity index (χ1) is 8.90. The number of carbonyl (C=O) groups excluding carboxylic acids is 1. The van der Waals surface area contributed by atoms with E-state index in [9.17, 15) is 13.2 Å². The molecule has 0 radical (unpaired) electrons. The summed E-state index contributed by atoms with van der Waals surface area (Å²) in [5, 5.41) is 2.92. The number of hydrogen-bond donors (Lipinski definition) is 2. The molecule has 7 heteroatoms. The Morgan fingerprint density at radius 2 is 2.00 bits per heavy atom. The minimum Gasteiger partial charge on any atom is -0.352 e. The molecule has 0 heterocycles. The summed E-state index contributed by atoms with van der Waals surface area (Å²) in [7, 11) is -1.88. The van der Waals surface area contributed by atoms with E-state index in [-0.39, 0.29) is 24.2 Å². The molecule has 1 aliphatic rings. The molecule has 1 aliphatic carbocycles. The van der Waals surface area contributed by atoms with Gasteiger partial charge in [0, 0.05) is 13.1 Å². The highest BCUT2D eigenvalue weighted by Gasteiger charge is 2.26. The van der Waals surface area contributed by atoms with Gasteiger partial charge < -0.3 is 11.1 Å². The maximum absolute atomic E-state index is 11.9. The van der Waals surface area contributed by atoms with Crippen molar-refractivity contribution >= 4 is 15.9 Å². The highest BCUT2D eigenvalue weighted by molar-refractivity contribution is 7.89. The molecule has 19 heavy (non-hydrogen) atoms. The summed E-state index contributed by atoms with van der Waals surface area (Å²) in [5.74, 6) is 0.0710. The second-order valence-corrected chi connectivity index (χ2v) is 7.48. The lowest BCUT2D eigenvalue weighted by Gasteiger charge is -2.31. The zero-order valence-electron chi connectivity index (χ0n) is 11.8. The SMILES string of the molecule is CCS(=O)(=O)N(C)CC(=O)NC1CCCCC1CN. The molecule has 1 saturated carbocycles. The van der Waals surface area contributed by atoms with Crippen molar-refractivity contribution in [3.63, 3.8) is 0 Å². The minimum atomic E-state index is -3.31. The van der Waals surface area contributed by atoms with Gasteiger partial charge in [-0.15, -0.1) is 0 Å². The first-order valence-corrected chi connectivity index (χ1v) is 8.45. The van der Waals surface area contributed by atoms with Gasteiger partial charge in [-0.2, -0.15) is 4.31 Å². The first kappa shape index (κ1) is 16.4. The van der Waals surface area contributed by atoms with Crippen LogP contribution in [0.5, 0.6) is 0 Å². The summed E-state index contributed by atoms with van der Waals surface area (Å²) in [6.45, 7) is 2.01. The van der Waals surface area contributed by atoms with Crippen LogP contribution >= 0.6 is 0 Å². The topological polar surface area (TPSA) is 92.5 Å². The number of likely N-dealkylation sites (N-methyl/N-ethyl adjacent to an activating group) is 1. The van der Waals surface area contributed by atoms with Crippen molar-refractivity contribution in [3.8, 4) is 0 Å². The molecule has 2 atom stereocenters. The zero-order chi connectivity index (χ0) is 14.5. The predicted octanol–water partition coefficient (Wildman–Crippen LogP) is -0.0984. The van der Waals surface area contributed by atoms with Gasteiger partial charge >= 0.3 is 0 Å². The van der Waals surface area contributed by atoms with Gasteiger partial charge in [-0.05, 0) is 32.2 Å². The molecule has 1 rings (SSSR count). The first-order valence-electron chi connectivity index (χ1n) is 6.84. The van der Waals surface area contributed by atoms with Crippen molar-refractivity contribution in [1.29, 1.82) is 0 Å². The third-order valence-electron chi connectivity index (χ3n) is 3.76. The Labute approximate surface area is 115 Å². The van der Waals surface area contributed by atoms with Gasteiger partial charge in [-0.25, -0.2) is 8.42 Å². The molecule has 3 N–H and O–H groups in total. The number of nitrogens with one attached hydrogen (secondary N) is 1. The monoisotopic (exact) mass is 291 g/mol. The van der Waals surface area contributed by atoms with E-state index in [1.807, 2.05) is 0 Å². The Morgan fingerprint density at radius 3 is 2.58 bits per heavy atom. The third kappa shape index (κ3) is 4.74. The van der Waals surface area contributed by atoms with Crippen LogP contribution < -0.4 is 11.1 Å². The van der Waals surface area contributed by atoms with Gasteiger partial charge in [0.2, 0.25) is 15.9 Å². The molecule has 0 aromatic heterocycles. The summed E-state index contributed by atoms with van der Waals surface area (Å²) < 4.78 is 24.2. The summed E-state index contributed by atoms with van der Waals surface area (Å²) in [5.41, 5.74) is 5.70. The van der Waals surface area contributed by atoms with Gasteiger partial charge in [0.05, 0.1) is 12.3 Å². The molecule has 6 nitrogen and oxygen atoms in total. The van der Waals surface area contributed by atoms with E-state index in [2.05, 4.69) is 5.32 Å². The highest BCUT2D eigenvalue weighted by Crippen LogP contribution is 2.23. The molecule has 0 aromatic rings. The molecule has 0 aliphatic heterocycles. The molecule has 0 aromatic carbocycles. The number of amides is 1.